The van der Waals surface area contributed by atoms with Crippen molar-refractivity contribution in [3.63, 3.8) is 0 Å². The van der Waals surface area contributed by atoms with Crippen molar-refractivity contribution in [3.8, 4) is 5.75 Å². The highest BCUT2D eigenvalue weighted by molar-refractivity contribution is 6.29. The molecular formula is C12H15ClO2. The van der Waals surface area contributed by atoms with Gasteiger partial charge in [-0.25, -0.2) is 0 Å². The van der Waals surface area contributed by atoms with Crippen LogP contribution >= 0.6 is 11.6 Å². The monoisotopic (exact) mass is 226 g/mol. The van der Waals surface area contributed by atoms with Crippen LogP contribution < -0.4 is 4.74 Å². The molecule has 1 aromatic rings. The van der Waals surface area contributed by atoms with Gasteiger partial charge in [-0.15, -0.1) is 0 Å². The Morgan fingerprint density at radius 3 is 2.53 bits per heavy atom. The fraction of sp³-hybridized carbons (Fsp3) is 0.333. The molecule has 0 unspecified atom stereocenters. The zero-order valence-electron chi connectivity index (χ0n) is 8.74. The number of halogens is 1. The van der Waals surface area contributed by atoms with Gasteiger partial charge in [0.05, 0.1) is 6.10 Å². The Hall–Kier alpha value is -0.990. The van der Waals surface area contributed by atoms with E-state index in [1.807, 2.05) is 31.2 Å². The molecule has 0 bridgehead atoms. The van der Waals surface area contributed by atoms with Crippen molar-refractivity contribution in [2.75, 3.05) is 6.61 Å². The summed E-state index contributed by atoms with van der Waals surface area (Å²) >= 11 is 5.57. The fourth-order valence-corrected chi connectivity index (χ4v) is 1.24. The molecule has 3 heteroatoms. The molecule has 82 valence electrons. The first kappa shape index (κ1) is 12.1. The molecule has 0 heterocycles. The van der Waals surface area contributed by atoms with Gasteiger partial charge in [0.2, 0.25) is 0 Å². The van der Waals surface area contributed by atoms with Gasteiger partial charge in [0.1, 0.15) is 12.4 Å². The molecule has 0 aliphatic carbocycles. The third kappa shape index (κ3) is 3.94. The van der Waals surface area contributed by atoms with Gasteiger partial charge in [0.15, 0.2) is 0 Å². The molecule has 0 saturated carbocycles. The van der Waals surface area contributed by atoms with Gasteiger partial charge in [0.25, 0.3) is 0 Å². The second-order valence-corrected chi connectivity index (χ2v) is 3.83. The predicted octanol–water partition coefficient (Wildman–Crippen LogP) is 3.26. The molecule has 1 rings (SSSR count). The lowest BCUT2D eigenvalue weighted by atomic mass is 10.1. The first-order chi connectivity index (χ1) is 7.13. The van der Waals surface area contributed by atoms with Gasteiger partial charge in [0, 0.05) is 5.03 Å². The third-order valence-corrected chi connectivity index (χ3v) is 2.16. The minimum Gasteiger partial charge on any atom is -0.488 e. The average Bonchev–Trinajstić information content (AvgIpc) is 2.26. The number of rotatable bonds is 5. The zero-order valence-corrected chi connectivity index (χ0v) is 9.50. The lowest BCUT2D eigenvalue weighted by Gasteiger charge is -2.09. The van der Waals surface area contributed by atoms with Gasteiger partial charge in [-0.1, -0.05) is 37.2 Å². The average molecular weight is 227 g/mol. The van der Waals surface area contributed by atoms with E-state index in [-0.39, 0.29) is 0 Å². The molecule has 1 N–H and O–H groups in total. The van der Waals surface area contributed by atoms with Crippen LogP contribution in [-0.4, -0.2) is 11.7 Å². The van der Waals surface area contributed by atoms with Crippen molar-refractivity contribution in [3.05, 3.63) is 41.4 Å². The molecule has 0 fully saturated rings. The summed E-state index contributed by atoms with van der Waals surface area (Å²) in [6.45, 7) is 5.77. The molecule has 2 nitrogen and oxygen atoms in total. The van der Waals surface area contributed by atoms with E-state index in [0.717, 1.165) is 11.3 Å². The number of hydrogen-bond donors (Lipinski definition) is 1. The molecule has 0 radical (unpaired) electrons. The first-order valence-corrected chi connectivity index (χ1v) is 5.25. The summed E-state index contributed by atoms with van der Waals surface area (Å²) in [7, 11) is 0. The van der Waals surface area contributed by atoms with E-state index in [2.05, 4.69) is 6.58 Å². The quantitative estimate of drug-likeness (QED) is 0.835. The zero-order chi connectivity index (χ0) is 11.3. The highest BCUT2D eigenvalue weighted by Crippen LogP contribution is 2.20. The molecule has 0 saturated heterocycles. The Labute approximate surface area is 95.1 Å². The maximum atomic E-state index is 9.56. The molecule has 0 aromatic heterocycles. The Morgan fingerprint density at radius 1 is 1.47 bits per heavy atom. The summed E-state index contributed by atoms with van der Waals surface area (Å²) in [5, 5.41) is 10.0. The Balaban J connectivity index is 2.60. The highest BCUT2D eigenvalue weighted by atomic mass is 35.5. The van der Waals surface area contributed by atoms with Crippen LogP contribution in [0.4, 0.5) is 0 Å². The van der Waals surface area contributed by atoms with Crippen molar-refractivity contribution in [2.24, 2.45) is 0 Å². The first-order valence-electron chi connectivity index (χ1n) is 4.87. The summed E-state index contributed by atoms with van der Waals surface area (Å²) in [5.74, 6) is 0.726. The van der Waals surface area contributed by atoms with E-state index in [9.17, 15) is 5.11 Å². The van der Waals surface area contributed by atoms with E-state index < -0.39 is 6.10 Å². The van der Waals surface area contributed by atoms with Crippen molar-refractivity contribution in [2.45, 2.75) is 19.4 Å². The van der Waals surface area contributed by atoms with E-state index >= 15 is 0 Å². The van der Waals surface area contributed by atoms with Gasteiger partial charge in [-0.2, -0.15) is 0 Å². The van der Waals surface area contributed by atoms with Crippen LogP contribution in [0.15, 0.2) is 35.9 Å². The van der Waals surface area contributed by atoms with Crippen molar-refractivity contribution >= 4 is 11.6 Å². The van der Waals surface area contributed by atoms with Gasteiger partial charge < -0.3 is 9.84 Å². The predicted molar refractivity (Wildman–Crippen MR) is 62.2 cm³/mol. The van der Waals surface area contributed by atoms with Crippen LogP contribution in [0.3, 0.4) is 0 Å². The molecular weight excluding hydrogens is 212 g/mol. The minimum atomic E-state index is -0.401. The molecule has 0 spiro atoms. The van der Waals surface area contributed by atoms with Crippen molar-refractivity contribution in [1.82, 2.24) is 0 Å². The normalized spacial score (nSPS) is 12.2. The van der Waals surface area contributed by atoms with E-state index in [1.54, 1.807) is 0 Å². The summed E-state index contributed by atoms with van der Waals surface area (Å²) in [6.07, 6.45) is 0.306. The van der Waals surface area contributed by atoms with Gasteiger partial charge in [-0.05, 0) is 24.1 Å². The van der Waals surface area contributed by atoms with Crippen LogP contribution in [0, 0.1) is 0 Å². The molecule has 0 aliphatic rings. The summed E-state index contributed by atoms with van der Waals surface area (Å²) in [5.41, 5.74) is 0.898. The van der Waals surface area contributed by atoms with Crippen molar-refractivity contribution in [1.29, 1.82) is 0 Å². The minimum absolute atomic E-state index is 0.303. The molecule has 0 amide bonds. The third-order valence-electron chi connectivity index (χ3n) is 2.05. The fourth-order valence-electron chi connectivity index (χ4n) is 1.18. The number of aliphatic hydroxyl groups is 1. The van der Waals surface area contributed by atoms with Crippen LogP contribution in [0.2, 0.25) is 0 Å². The van der Waals surface area contributed by atoms with E-state index in [4.69, 9.17) is 16.3 Å². The Morgan fingerprint density at radius 2 is 2.07 bits per heavy atom. The maximum Gasteiger partial charge on any atom is 0.123 e. The van der Waals surface area contributed by atoms with Crippen LogP contribution in [0.5, 0.6) is 5.75 Å². The van der Waals surface area contributed by atoms with E-state index in [1.165, 1.54) is 0 Å². The topological polar surface area (TPSA) is 29.5 Å². The highest BCUT2D eigenvalue weighted by Gasteiger charge is 2.04. The summed E-state index contributed by atoms with van der Waals surface area (Å²) < 4.78 is 5.32. The lowest BCUT2D eigenvalue weighted by Crippen LogP contribution is -1.98. The molecule has 1 aromatic carbocycles. The number of aliphatic hydroxyl groups excluding tert-OH is 1. The largest absolute Gasteiger partial charge is 0.488 e. The number of benzene rings is 1. The number of ether oxygens (including phenoxy) is 1. The summed E-state index contributed by atoms with van der Waals surface area (Å²) in [6, 6.07) is 7.32. The number of hydrogen-bond acceptors (Lipinski definition) is 2. The molecule has 15 heavy (non-hydrogen) atoms. The van der Waals surface area contributed by atoms with Gasteiger partial charge in [-0.3, -0.25) is 0 Å². The van der Waals surface area contributed by atoms with Crippen molar-refractivity contribution < 1.29 is 9.84 Å². The standard InChI is InChI=1S/C12H15ClO2/c1-3-12(14)10-4-6-11(7-5-10)15-8-9(2)13/h4-7,12,14H,2-3,8H2,1H3/t12-/m1/s1. The smallest absolute Gasteiger partial charge is 0.123 e. The van der Waals surface area contributed by atoms with Crippen LogP contribution in [0.1, 0.15) is 25.0 Å². The Kier molecular flexibility index (Phi) is 4.66. The van der Waals surface area contributed by atoms with Gasteiger partial charge >= 0.3 is 0 Å². The van der Waals surface area contributed by atoms with E-state index in [0.29, 0.717) is 18.1 Å². The Bertz CT molecular complexity index is 319. The SMILES string of the molecule is C=C(Cl)COc1ccc([C@H](O)CC)cc1. The molecule has 0 aliphatic heterocycles. The molecule has 1 atom stereocenters. The van der Waals surface area contributed by atoms with Crippen LogP contribution in [0.25, 0.3) is 0 Å². The summed E-state index contributed by atoms with van der Waals surface area (Å²) in [4.78, 5) is 0. The second kappa shape index (κ2) is 5.79. The second-order valence-electron chi connectivity index (χ2n) is 3.30. The maximum absolute atomic E-state index is 9.56. The van der Waals surface area contributed by atoms with Crippen LogP contribution in [-0.2, 0) is 0 Å². The lowest BCUT2D eigenvalue weighted by molar-refractivity contribution is 0.173.